The minimum atomic E-state index is -1.08. The molecular weight excluding hydrogens is 450 g/mol. The molecule has 7 heteroatoms. The summed E-state index contributed by atoms with van der Waals surface area (Å²) in [6.45, 7) is 7.69. The van der Waals surface area contributed by atoms with E-state index in [4.69, 9.17) is 5.73 Å². The van der Waals surface area contributed by atoms with Crippen molar-refractivity contribution in [1.82, 2.24) is 5.32 Å². The number of hydrogen-bond donors (Lipinski definition) is 2. The van der Waals surface area contributed by atoms with Crippen molar-refractivity contribution in [3.63, 3.8) is 0 Å². The zero-order valence-corrected chi connectivity index (χ0v) is 21.2. The molecule has 1 unspecified atom stereocenters. The Morgan fingerprint density at radius 2 is 1.71 bits per heavy atom. The molecule has 0 aromatic heterocycles. The van der Waals surface area contributed by atoms with Crippen molar-refractivity contribution in [3.8, 4) is 0 Å². The first-order valence-corrected chi connectivity index (χ1v) is 11.6. The second-order valence-electron chi connectivity index (χ2n) is 9.99. The Morgan fingerprint density at radius 1 is 1.09 bits per heavy atom. The molecule has 2 amide bonds. The zero-order chi connectivity index (χ0) is 24.2. The molecule has 3 rings (SSSR count). The molecule has 2 aromatic rings. The lowest BCUT2D eigenvalue weighted by Crippen LogP contribution is -2.54. The van der Waals surface area contributed by atoms with Gasteiger partial charge in [0.15, 0.2) is 5.78 Å². The van der Waals surface area contributed by atoms with Crippen LogP contribution in [0, 0.1) is 11.8 Å². The van der Waals surface area contributed by atoms with Gasteiger partial charge in [0.05, 0.1) is 18.1 Å². The largest absolute Gasteiger partial charge is 0.345 e. The summed E-state index contributed by atoms with van der Waals surface area (Å²) in [5, 5.41) is 2.82. The zero-order valence-electron chi connectivity index (χ0n) is 20.4. The Labute approximate surface area is 208 Å². The first-order valence-electron chi connectivity index (χ1n) is 11.6. The van der Waals surface area contributed by atoms with E-state index < -0.39 is 17.5 Å². The molecule has 2 atom stereocenters. The molecule has 6 nitrogen and oxygen atoms in total. The number of hydrogen-bond acceptors (Lipinski definition) is 4. The lowest BCUT2D eigenvalue weighted by molar-refractivity contribution is -0.132. The highest BCUT2D eigenvalue weighted by Gasteiger charge is 2.36. The maximum atomic E-state index is 13.5. The number of rotatable bonds is 9. The fourth-order valence-electron chi connectivity index (χ4n) is 4.20. The molecule has 0 saturated carbocycles. The minimum Gasteiger partial charge on any atom is -0.345 e. The average Bonchev–Trinajstić information content (AvgIpc) is 2.75. The van der Waals surface area contributed by atoms with Crippen molar-refractivity contribution in [2.45, 2.75) is 65.1 Å². The molecule has 2 aromatic carbocycles. The third-order valence-electron chi connectivity index (χ3n) is 5.98. The highest BCUT2D eigenvalue weighted by Crippen LogP contribution is 2.33. The average molecular weight is 486 g/mol. The number of carbonyl (C=O) groups excluding carboxylic acids is 3. The Kier molecular flexibility index (Phi) is 9.42. The van der Waals surface area contributed by atoms with Crippen LogP contribution in [0.25, 0.3) is 0 Å². The number of fused-ring (bicyclic) bond motifs is 1. The second kappa shape index (κ2) is 11.6. The van der Waals surface area contributed by atoms with Crippen molar-refractivity contribution in [1.29, 1.82) is 0 Å². The summed E-state index contributed by atoms with van der Waals surface area (Å²) >= 11 is 0. The van der Waals surface area contributed by atoms with E-state index in [1.807, 2.05) is 68.4 Å². The predicted molar refractivity (Wildman–Crippen MR) is 138 cm³/mol. The van der Waals surface area contributed by atoms with Crippen LogP contribution in [-0.4, -0.2) is 29.2 Å². The summed E-state index contributed by atoms with van der Waals surface area (Å²) in [5.41, 5.74) is 7.82. The van der Waals surface area contributed by atoms with Crippen LogP contribution < -0.4 is 16.0 Å². The highest BCUT2D eigenvalue weighted by atomic mass is 35.5. The molecule has 0 saturated heterocycles. The van der Waals surface area contributed by atoms with Gasteiger partial charge in [0.1, 0.15) is 0 Å². The van der Waals surface area contributed by atoms with Gasteiger partial charge in [-0.1, -0.05) is 62.4 Å². The van der Waals surface area contributed by atoms with Gasteiger partial charge in [-0.05, 0) is 49.8 Å². The standard InChI is InChI=1S/C27H35N3O3.ClH/c1-18(2)14-22(29-26(33)27(3,4)28)24(31)16-21-15-20-12-8-9-13-23(20)30(25(21)32)17-19-10-6-5-7-11-19;/h5-13,18,21-22H,14-17,28H2,1-4H3,(H,29,33);1H/t21?,22-;/m1./s1. The smallest absolute Gasteiger partial charge is 0.240 e. The molecule has 0 spiro atoms. The van der Waals surface area contributed by atoms with E-state index in [2.05, 4.69) is 5.32 Å². The lowest BCUT2D eigenvalue weighted by atomic mass is 9.85. The monoisotopic (exact) mass is 485 g/mol. The molecule has 1 heterocycles. The number of nitrogens with one attached hydrogen (secondary N) is 1. The molecule has 184 valence electrons. The first-order chi connectivity index (χ1) is 15.6. The highest BCUT2D eigenvalue weighted by molar-refractivity contribution is 6.01. The van der Waals surface area contributed by atoms with Gasteiger partial charge < -0.3 is 16.0 Å². The van der Waals surface area contributed by atoms with Gasteiger partial charge in [0, 0.05) is 18.0 Å². The summed E-state index contributed by atoms with van der Waals surface area (Å²) in [6.07, 6.45) is 1.10. The minimum absolute atomic E-state index is 0. The quantitative estimate of drug-likeness (QED) is 0.560. The number of anilines is 1. The van der Waals surface area contributed by atoms with E-state index in [1.165, 1.54) is 0 Å². The van der Waals surface area contributed by atoms with Crippen molar-refractivity contribution in [3.05, 3.63) is 65.7 Å². The van der Waals surface area contributed by atoms with Crippen LogP contribution >= 0.6 is 12.4 Å². The molecule has 1 aliphatic heterocycles. The maximum absolute atomic E-state index is 13.5. The second-order valence-corrected chi connectivity index (χ2v) is 9.99. The summed E-state index contributed by atoms with van der Waals surface area (Å²) in [6, 6.07) is 17.0. The van der Waals surface area contributed by atoms with Crippen molar-refractivity contribution in [2.75, 3.05) is 4.90 Å². The van der Waals surface area contributed by atoms with E-state index in [1.54, 1.807) is 18.7 Å². The maximum Gasteiger partial charge on any atom is 0.240 e. The van der Waals surface area contributed by atoms with E-state index >= 15 is 0 Å². The molecule has 0 aliphatic carbocycles. The molecule has 3 N–H and O–H groups in total. The molecule has 0 fully saturated rings. The predicted octanol–water partition coefficient (Wildman–Crippen LogP) is 4.04. The topological polar surface area (TPSA) is 92.5 Å². The number of benzene rings is 2. The SMILES string of the molecule is CC(C)C[C@@H](NC(=O)C(C)(C)N)C(=O)CC1Cc2ccccc2N(Cc2ccccc2)C1=O.Cl. The fraction of sp³-hybridized carbons (Fsp3) is 0.444. The van der Waals surface area contributed by atoms with Crippen LogP contribution in [0.1, 0.15) is 51.7 Å². The summed E-state index contributed by atoms with van der Waals surface area (Å²) in [7, 11) is 0. The Bertz CT molecular complexity index is 1000. The van der Waals surface area contributed by atoms with Gasteiger partial charge in [0.2, 0.25) is 11.8 Å². The Hall–Kier alpha value is -2.70. The first kappa shape index (κ1) is 27.5. The van der Waals surface area contributed by atoms with E-state index in [-0.39, 0.29) is 42.3 Å². The van der Waals surface area contributed by atoms with Crippen LogP contribution in [0.3, 0.4) is 0 Å². The third-order valence-corrected chi connectivity index (χ3v) is 5.98. The van der Waals surface area contributed by atoms with Gasteiger partial charge in [0.25, 0.3) is 0 Å². The molecule has 0 bridgehead atoms. The fourth-order valence-corrected chi connectivity index (χ4v) is 4.20. The van der Waals surface area contributed by atoms with Crippen LogP contribution in [0.4, 0.5) is 5.69 Å². The normalized spacial score (nSPS) is 16.5. The number of Topliss-reactive ketones (excluding diaryl/α,β-unsaturated/α-hetero) is 1. The number of nitrogens with zero attached hydrogens (tertiary/aromatic N) is 1. The number of amides is 2. The van der Waals surface area contributed by atoms with Crippen molar-refractivity contribution >= 4 is 35.7 Å². The Balaban J connectivity index is 0.00000408. The van der Waals surface area contributed by atoms with Crippen molar-refractivity contribution < 1.29 is 14.4 Å². The van der Waals surface area contributed by atoms with Gasteiger partial charge in [-0.2, -0.15) is 0 Å². The van der Waals surface area contributed by atoms with Crippen LogP contribution in [0.15, 0.2) is 54.6 Å². The number of para-hydroxylation sites is 1. The van der Waals surface area contributed by atoms with Gasteiger partial charge in [-0.3, -0.25) is 14.4 Å². The number of halogens is 1. The third kappa shape index (κ3) is 6.90. The molecule has 34 heavy (non-hydrogen) atoms. The van der Waals surface area contributed by atoms with E-state index in [0.29, 0.717) is 19.4 Å². The number of ketones is 1. The summed E-state index contributed by atoms with van der Waals surface area (Å²) in [5.74, 6) is -0.808. The van der Waals surface area contributed by atoms with Crippen LogP contribution in [0.5, 0.6) is 0 Å². The molecular formula is C27H36ClN3O3. The van der Waals surface area contributed by atoms with Crippen molar-refractivity contribution in [2.24, 2.45) is 17.6 Å². The van der Waals surface area contributed by atoms with E-state index in [0.717, 1.165) is 16.8 Å². The Morgan fingerprint density at radius 3 is 2.32 bits per heavy atom. The van der Waals surface area contributed by atoms with Gasteiger partial charge in [-0.25, -0.2) is 0 Å². The number of nitrogens with two attached hydrogens (primary N) is 1. The van der Waals surface area contributed by atoms with E-state index in [9.17, 15) is 14.4 Å². The molecule has 1 aliphatic rings. The summed E-state index contributed by atoms with van der Waals surface area (Å²) < 4.78 is 0. The van der Waals surface area contributed by atoms with Gasteiger partial charge >= 0.3 is 0 Å². The number of carbonyl (C=O) groups is 3. The van der Waals surface area contributed by atoms with Crippen LogP contribution in [-0.2, 0) is 27.3 Å². The van der Waals surface area contributed by atoms with Gasteiger partial charge in [-0.15, -0.1) is 12.4 Å². The lowest BCUT2D eigenvalue weighted by Gasteiger charge is -2.35. The summed E-state index contributed by atoms with van der Waals surface area (Å²) in [4.78, 5) is 41.1. The molecule has 0 radical (unpaired) electrons. The van der Waals surface area contributed by atoms with Crippen LogP contribution in [0.2, 0.25) is 0 Å².